The summed E-state index contributed by atoms with van der Waals surface area (Å²) in [7, 11) is 0. The second-order valence-corrected chi connectivity index (χ2v) is 8.36. The lowest BCUT2D eigenvalue weighted by Crippen LogP contribution is -2.18. The number of nitrogens with one attached hydrogen (secondary N) is 2. The molecule has 0 aliphatic heterocycles. The highest BCUT2D eigenvalue weighted by atomic mass is 19.1. The van der Waals surface area contributed by atoms with Gasteiger partial charge in [0.05, 0.1) is 5.69 Å². The van der Waals surface area contributed by atoms with Crippen LogP contribution in [0, 0.1) is 5.82 Å². The molecule has 176 valence electrons. The molecule has 0 saturated carbocycles. The van der Waals surface area contributed by atoms with E-state index in [1.807, 2.05) is 79.7 Å². The van der Waals surface area contributed by atoms with E-state index in [0.717, 1.165) is 39.4 Å². The van der Waals surface area contributed by atoms with Crippen molar-refractivity contribution in [2.45, 2.75) is 26.8 Å². The summed E-state index contributed by atoms with van der Waals surface area (Å²) in [5.74, 6) is -0.965. The van der Waals surface area contributed by atoms with Crippen molar-refractivity contribution in [3.05, 3.63) is 107 Å². The molecule has 4 aromatic rings. The van der Waals surface area contributed by atoms with Gasteiger partial charge in [-0.2, -0.15) is 0 Å². The lowest BCUT2D eigenvalue weighted by molar-refractivity contribution is -0.119. The SMILES string of the molecule is CCC=Cc1ccc(F)c(NC(=O)c2cc(-c3cccc(CNC(C)=O)c3)cc3ccccc23)c1. The average Bonchev–Trinajstić information content (AvgIpc) is 2.87. The van der Waals surface area contributed by atoms with Crippen molar-refractivity contribution in [2.75, 3.05) is 5.32 Å². The van der Waals surface area contributed by atoms with E-state index >= 15 is 0 Å². The minimum Gasteiger partial charge on any atom is -0.352 e. The minimum absolute atomic E-state index is 0.0958. The van der Waals surface area contributed by atoms with Crippen molar-refractivity contribution < 1.29 is 14.0 Å². The van der Waals surface area contributed by atoms with Gasteiger partial charge >= 0.3 is 0 Å². The number of carbonyl (C=O) groups is 2. The van der Waals surface area contributed by atoms with E-state index in [-0.39, 0.29) is 17.5 Å². The van der Waals surface area contributed by atoms with E-state index in [2.05, 4.69) is 10.6 Å². The fraction of sp³-hybridized carbons (Fsp3) is 0.133. The quantitative estimate of drug-likeness (QED) is 0.309. The second kappa shape index (κ2) is 10.8. The van der Waals surface area contributed by atoms with Crippen molar-refractivity contribution in [3.63, 3.8) is 0 Å². The van der Waals surface area contributed by atoms with Gasteiger partial charge in [-0.15, -0.1) is 0 Å². The Bertz CT molecular complexity index is 1430. The molecule has 0 spiro atoms. The van der Waals surface area contributed by atoms with Gasteiger partial charge in [0.15, 0.2) is 0 Å². The number of halogens is 1. The monoisotopic (exact) mass is 466 g/mol. The molecule has 0 saturated heterocycles. The minimum atomic E-state index is -0.488. The Morgan fingerprint density at radius 3 is 2.54 bits per heavy atom. The number of amides is 2. The van der Waals surface area contributed by atoms with Gasteiger partial charge in [0.2, 0.25) is 5.91 Å². The largest absolute Gasteiger partial charge is 0.352 e. The van der Waals surface area contributed by atoms with Gasteiger partial charge in [-0.1, -0.05) is 67.6 Å². The summed E-state index contributed by atoms with van der Waals surface area (Å²) in [6, 6.07) is 24.0. The zero-order valence-electron chi connectivity index (χ0n) is 19.8. The van der Waals surface area contributed by atoms with Gasteiger partial charge < -0.3 is 10.6 Å². The molecule has 4 rings (SSSR count). The van der Waals surface area contributed by atoms with E-state index in [9.17, 15) is 14.0 Å². The molecule has 0 atom stereocenters. The molecule has 0 aliphatic carbocycles. The number of fused-ring (bicyclic) bond motifs is 1. The summed E-state index contributed by atoms with van der Waals surface area (Å²) in [5.41, 5.74) is 4.15. The molecule has 4 aromatic carbocycles. The maximum atomic E-state index is 14.5. The molecule has 4 nitrogen and oxygen atoms in total. The molecule has 5 heteroatoms. The van der Waals surface area contributed by atoms with Crippen molar-refractivity contribution >= 4 is 34.4 Å². The molecule has 0 fully saturated rings. The highest BCUT2D eigenvalue weighted by molar-refractivity contribution is 6.14. The van der Waals surface area contributed by atoms with Crippen LogP contribution in [-0.2, 0) is 11.3 Å². The first-order valence-corrected chi connectivity index (χ1v) is 11.6. The molecule has 0 aliphatic rings. The summed E-state index contributed by atoms with van der Waals surface area (Å²) >= 11 is 0. The molecule has 0 bridgehead atoms. The van der Waals surface area contributed by atoms with Crippen LogP contribution in [0.3, 0.4) is 0 Å². The Kier molecular flexibility index (Phi) is 7.36. The molecular formula is C30H27FN2O2. The number of hydrogen-bond donors (Lipinski definition) is 2. The van der Waals surface area contributed by atoms with E-state index in [0.29, 0.717) is 12.1 Å². The van der Waals surface area contributed by atoms with E-state index < -0.39 is 5.82 Å². The predicted molar refractivity (Wildman–Crippen MR) is 141 cm³/mol. The van der Waals surface area contributed by atoms with Crippen LogP contribution >= 0.6 is 0 Å². The number of allylic oxidation sites excluding steroid dienone is 1. The molecule has 0 heterocycles. The first-order valence-electron chi connectivity index (χ1n) is 11.6. The summed E-state index contributed by atoms with van der Waals surface area (Å²) in [5, 5.41) is 7.26. The highest BCUT2D eigenvalue weighted by Crippen LogP contribution is 2.29. The lowest BCUT2D eigenvalue weighted by Gasteiger charge is -2.13. The molecule has 2 N–H and O–H groups in total. The maximum Gasteiger partial charge on any atom is 0.256 e. The van der Waals surface area contributed by atoms with Gasteiger partial charge in [-0.05, 0) is 69.8 Å². The summed E-state index contributed by atoms with van der Waals surface area (Å²) in [6.07, 6.45) is 4.75. The van der Waals surface area contributed by atoms with Crippen LogP contribution in [0.4, 0.5) is 10.1 Å². The first kappa shape index (κ1) is 23.9. The van der Waals surface area contributed by atoms with Crippen LogP contribution in [0.15, 0.2) is 84.9 Å². The fourth-order valence-electron chi connectivity index (χ4n) is 3.94. The van der Waals surface area contributed by atoms with Gasteiger partial charge in [0.25, 0.3) is 5.91 Å². The van der Waals surface area contributed by atoms with Gasteiger partial charge in [0, 0.05) is 19.0 Å². The van der Waals surface area contributed by atoms with Crippen LogP contribution in [0.2, 0.25) is 0 Å². The van der Waals surface area contributed by atoms with Crippen molar-refractivity contribution in [2.24, 2.45) is 0 Å². The Balaban J connectivity index is 1.72. The smallest absolute Gasteiger partial charge is 0.256 e. The standard InChI is InChI=1S/C30H27FN2O2/c1-3-4-8-21-13-14-28(31)29(16-21)33-30(35)27-18-25(17-24-10-5-6-12-26(24)27)23-11-7-9-22(15-23)19-32-20(2)34/h4-18H,3,19H2,1-2H3,(H,32,34)(H,33,35). The topological polar surface area (TPSA) is 58.2 Å². The third-order valence-corrected chi connectivity index (χ3v) is 5.69. The van der Waals surface area contributed by atoms with E-state index in [1.165, 1.54) is 13.0 Å². The van der Waals surface area contributed by atoms with Crippen LogP contribution in [-0.4, -0.2) is 11.8 Å². The Morgan fingerprint density at radius 2 is 1.74 bits per heavy atom. The zero-order valence-corrected chi connectivity index (χ0v) is 19.8. The summed E-state index contributed by atoms with van der Waals surface area (Å²) < 4.78 is 14.5. The van der Waals surface area contributed by atoms with Crippen LogP contribution in [0.25, 0.3) is 28.0 Å². The first-order chi connectivity index (χ1) is 16.9. The van der Waals surface area contributed by atoms with Gasteiger partial charge in [-0.25, -0.2) is 4.39 Å². The van der Waals surface area contributed by atoms with E-state index in [4.69, 9.17) is 0 Å². The molecule has 2 amide bonds. The molecule has 0 unspecified atom stereocenters. The van der Waals surface area contributed by atoms with Crippen LogP contribution < -0.4 is 10.6 Å². The Labute approximate surface area is 204 Å². The number of benzene rings is 4. The van der Waals surface area contributed by atoms with Crippen LogP contribution in [0.5, 0.6) is 0 Å². The van der Waals surface area contributed by atoms with E-state index in [1.54, 1.807) is 12.1 Å². The highest BCUT2D eigenvalue weighted by Gasteiger charge is 2.15. The molecule has 0 aromatic heterocycles. The van der Waals surface area contributed by atoms with Crippen molar-refractivity contribution in [3.8, 4) is 11.1 Å². The molecular weight excluding hydrogens is 439 g/mol. The maximum absolute atomic E-state index is 14.5. The van der Waals surface area contributed by atoms with Crippen molar-refractivity contribution in [1.82, 2.24) is 5.32 Å². The van der Waals surface area contributed by atoms with Gasteiger partial charge in [-0.3, -0.25) is 9.59 Å². The Hall–Kier alpha value is -4.25. The number of rotatable bonds is 7. The predicted octanol–water partition coefficient (Wildman–Crippen LogP) is 6.96. The third-order valence-electron chi connectivity index (χ3n) is 5.69. The fourth-order valence-corrected chi connectivity index (χ4v) is 3.94. The van der Waals surface area contributed by atoms with Crippen LogP contribution in [0.1, 0.15) is 41.8 Å². The normalized spacial score (nSPS) is 11.1. The van der Waals surface area contributed by atoms with Gasteiger partial charge in [0.1, 0.15) is 5.82 Å². The Morgan fingerprint density at radius 1 is 0.914 bits per heavy atom. The number of carbonyl (C=O) groups excluding carboxylic acids is 2. The lowest BCUT2D eigenvalue weighted by atomic mass is 9.95. The second-order valence-electron chi connectivity index (χ2n) is 8.36. The number of anilines is 1. The molecule has 35 heavy (non-hydrogen) atoms. The van der Waals surface area contributed by atoms with Crippen molar-refractivity contribution in [1.29, 1.82) is 0 Å². The average molecular weight is 467 g/mol. The number of hydrogen-bond acceptors (Lipinski definition) is 2. The third kappa shape index (κ3) is 5.82. The molecule has 0 radical (unpaired) electrons. The summed E-state index contributed by atoms with van der Waals surface area (Å²) in [4.78, 5) is 24.7. The zero-order chi connectivity index (χ0) is 24.8. The summed E-state index contributed by atoms with van der Waals surface area (Å²) in [6.45, 7) is 3.93.